The Labute approximate surface area is 190 Å². The molecule has 2 unspecified atom stereocenters. The summed E-state index contributed by atoms with van der Waals surface area (Å²) in [6, 6.07) is 0. The quantitative estimate of drug-likeness (QED) is 0.292. The molecule has 0 amide bonds. The number of hydrogen-bond donors (Lipinski definition) is 0. The molecule has 1 heterocycles. The molecule has 0 radical (unpaired) electrons. The second-order valence-electron chi connectivity index (χ2n) is 11.1. The van der Waals surface area contributed by atoms with E-state index in [-0.39, 0.29) is 5.92 Å². The van der Waals surface area contributed by atoms with Gasteiger partial charge in [-0.25, -0.2) is 0 Å². The van der Waals surface area contributed by atoms with Crippen LogP contribution in [0.3, 0.4) is 0 Å². The molecule has 1 aliphatic heterocycles. The smallest absolute Gasteiger partial charge is 0.266 e. The summed E-state index contributed by atoms with van der Waals surface area (Å²) in [5.41, 5.74) is 0. The summed E-state index contributed by atoms with van der Waals surface area (Å²) < 4.78 is 30.8. The maximum Gasteiger partial charge on any atom is 0.266 e. The molecule has 0 N–H and O–H groups in total. The Morgan fingerprint density at radius 3 is 1.68 bits per heavy atom. The Morgan fingerprint density at radius 1 is 0.710 bits per heavy atom. The Bertz CT molecular complexity index is 491. The Morgan fingerprint density at radius 2 is 1.23 bits per heavy atom. The third-order valence-electron chi connectivity index (χ3n) is 8.78. The predicted molar refractivity (Wildman–Crippen MR) is 126 cm³/mol. The van der Waals surface area contributed by atoms with Crippen molar-refractivity contribution in [3.8, 4) is 0 Å². The molecule has 31 heavy (non-hydrogen) atoms. The highest BCUT2D eigenvalue weighted by Gasteiger charge is 2.31. The SMILES string of the molecule is CCCCCC1CCC(CCCCC2CCC(C3CCC(C=C(F)F)CO3)CC2)CC1. The minimum absolute atomic E-state index is 0.0753. The van der Waals surface area contributed by atoms with Gasteiger partial charge in [0.2, 0.25) is 0 Å². The molecule has 3 heteroatoms. The van der Waals surface area contributed by atoms with E-state index in [9.17, 15) is 8.78 Å². The lowest BCUT2D eigenvalue weighted by molar-refractivity contribution is -0.0499. The van der Waals surface area contributed by atoms with E-state index in [0.29, 0.717) is 18.6 Å². The lowest BCUT2D eigenvalue weighted by Crippen LogP contribution is -2.33. The molecule has 3 rings (SSSR count). The van der Waals surface area contributed by atoms with E-state index in [2.05, 4.69) is 6.92 Å². The molecule has 2 aliphatic carbocycles. The average molecular weight is 439 g/mol. The zero-order chi connectivity index (χ0) is 21.9. The summed E-state index contributed by atoms with van der Waals surface area (Å²) in [5, 5.41) is 0. The lowest BCUT2D eigenvalue weighted by atomic mass is 9.75. The predicted octanol–water partition coefficient (Wildman–Crippen LogP) is 9.32. The molecule has 1 saturated heterocycles. The van der Waals surface area contributed by atoms with E-state index >= 15 is 0 Å². The van der Waals surface area contributed by atoms with Gasteiger partial charge in [-0.3, -0.25) is 0 Å². The first-order chi connectivity index (χ1) is 15.1. The van der Waals surface area contributed by atoms with Crippen LogP contribution < -0.4 is 0 Å². The van der Waals surface area contributed by atoms with E-state index in [1.165, 1.54) is 103 Å². The van der Waals surface area contributed by atoms with Gasteiger partial charge in [0.25, 0.3) is 6.08 Å². The third-order valence-corrected chi connectivity index (χ3v) is 8.78. The molecule has 2 atom stereocenters. The van der Waals surface area contributed by atoms with Crippen LogP contribution >= 0.6 is 0 Å². The summed E-state index contributed by atoms with van der Waals surface area (Å²) in [5.74, 6) is 3.58. The maximum absolute atomic E-state index is 12.4. The van der Waals surface area contributed by atoms with Gasteiger partial charge in [-0.2, -0.15) is 8.78 Å². The van der Waals surface area contributed by atoms with E-state index < -0.39 is 6.08 Å². The van der Waals surface area contributed by atoms with Gasteiger partial charge in [0.15, 0.2) is 0 Å². The zero-order valence-electron chi connectivity index (χ0n) is 20.1. The van der Waals surface area contributed by atoms with Crippen molar-refractivity contribution in [2.75, 3.05) is 6.61 Å². The van der Waals surface area contributed by atoms with Crippen LogP contribution in [0.5, 0.6) is 0 Å². The van der Waals surface area contributed by atoms with Crippen molar-refractivity contribution in [3.63, 3.8) is 0 Å². The summed E-state index contributed by atoms with van der Waals surface area (Å²) >= 11 is 0. The molecule has 2 saturated carbocycles. The van der Waals surface area contributed by atoms with Crippen LogP contribution in [-0.2, 0) is 4.74 Å². The molecule has 0 spiro atoms. The van der Waals surface area contributed by atoms with Gasteiger partial charge in [0.05, 0.1) is 12.7 Å². The molecular weight excluding hydrogens is 390 g/mol. The molecule has 180 valence electrons. The van der Waals surface area contributed by atoms with Gasteiger partial charge in [-0.15, -0.1) is 0 Å². The minimum atomic E-state index is -1.55. The summed E-state index contributed by atoms with van der Waals surface area (Å²) in [7, 11) is 0. The number of hydrogen-bond acceptors (Lipinski definition) is 1. The van der Waals surface area contributed by atoms with Crippen LogP contribution in [0.4, 0.5) is 8.78 Å². The highest BCUT2D eigenvalue weighted by molar-refractivity contribution is 4.91. The third kappa shape index (κ3) is 9.14. The standard InChI is InChI=1S/C28H48F2O/c1-2-3-4-7-22-10-12-23(13-11-22)8-5-6-9-24-14-17-26(18-15-24)27-19-16-25(21-31-27)20-28(29)30/h20,22-27H,2-19,21H2,1H3. The average Bonchev–Trinajstić information content (AvgIpc) is 2.78. The van der Waals surface area contributed by atoms with Gasteiger partial charge in [0, 0.05) is 5.92 Å². The van der Waals surface area contributed by atoms with Crippen molar-refractivity contribution in [1.29, 1.82) is 0 Å². The molecule has 0 aromatic heterocycles. The number of rotatable bonds is 11. The molecule has 1 nitrogen and oxygen atoms in total. The van der Waals surface area contributed by atoms with E-state index in [1.807, 2.05) is 0 Å². The summed E-state index contributed by atoms with van der Waals surface area (Å²) in [4.78, 5) is 0. The van der Waals surface area contributed by atoms with Crippen molar-refractivity contribution in [1.82, 2.24) is 0 Å². The van der Waals surface area contributed by atoms with Crippen molar-refractivity contribution in [3.05, 3.63) is 12.2 Å². The first-order valence-corrected chi connectivity index (χ1v) is 13.8. The van der Waals surface area contributed by atoms with E-state index in [0.717, 1.165) is 36.7 Å². The highest BCUT2D eigenvalue weighted by Crippen LogP contribution is 2.39. The van der Waals surface area contributed by atoms with Gasteiger partial charge in [-0.05, 0) is 55.4 Å². The molecular formula is C28H48F2O. The number of unbranched alkanes of at least 4 members (excludes halogenated alkanes) is 3. The fourth-order valence-corrected chi connectivity index (χ4v) is 6.68. The van der Waals surface area contributed by atoms with Crippen LogP contribution in [-0.4, -0.2) is 12.7 Å². The highest BCUT2D eigenvalue weighted by atomic mass is 19.3. The minimum Gasteiger partial charge on any atom is -0.377 e. The van der Waals surface area contributed by atoms with Crippen molar-refractivity contribution in [2.45, 2.75) is 129 Å². The molecule has 0 aromatic carbocycles. The van der Waals surface area contributed by atoms with E-state index in [4.69, 9.17) is 4.74 Å². The van der Waals surface area contributed by atoms with Crippen molar-refractivity contribution >= 4 is 0 Å². The fourth-order valence-electron chi connectivity index (χ4n) is 6.68. The van der Waals surface area contributed by atoms with Crippen molar-refractivity contribution < 1.29 is 13.5 Å². The Kier molecular flexibility index (Phi) is 11.3. The number of ether oxygens (including phenoxy) is 1. The first-order valence-electron chi connectivity index (χ1n) is 13.8. The zero-order valence-corrected chi connectivity index (χ0v) is 20.1. The maximum atomic E-state index is 12.4. The lowest BCUT2D eigenvalue weighted by Gasteiger charge is -2.37. The second kappa shape index (κ2) is 14.0. The normalized spacial score (nSPS) is 34.4. The van der Waals surface area contributed by atoms with Crippen LogP contribution in [0.1, 0.15) is 122 Å². The van der Waals surface area contributed by atoms with Gasteiger partial charge in [-0.1, -0.05) is 96.8 Å². The topological polar surface area (TPSA) is 9.23 Å². The van der Waals surface area contributed by atoms with Gasteiger partial charge < -0.3 is 4.74 Å². The van der Waals surface area contributed by atoms with Crippen molar-refractivity contribution in [2.24, 2.45) is 29.6 Å². The molecule has 3 aliphatic rings. The second-order valence-corrected chi connectivity index (χ2v) is 11.1. The molecule has 0 aromatic rings. The Balaban J connectivity index is 1.20. The van der Waals surface area contributed by atoms with E-state index in [1.54, 1.807) is 0 Å². The monoisotopic (exact) mass is 438 g/mol. The van der Waals surface area contributed by atoms with Gasteiger partial charge >= 0.3 is 0 Å². The Hall–Kier alpha value is -0.440. The van der Waals surface area contributed by atoms with Crippen LogP contribution in [0.2, 0.25) is 0 Å². The molecule has 3 fully saturated rings. The van der Waals surface area contributed by atoms with Crippen LogP contribution in [0, 0.1) is 29.6 Å². The largest absolute Gasteiger partial charge is 0.377 e. The van der Waals surface area contributed by atoms with Crippen LogP contribution in [0.25, 0.3) is 0 Å². The number of halogens is 2. The summed E-state index contributed by atoms with van der Waals surface area (Å²) in [6.07, 6.45) is 24.5. The van der Waals surface area contributed by atoms with Gasteiger partial charge in [0.1, 0.15) is 0 Å². The fraction of sp³-hybridized carbons (Fsp3) is 0.929. The van der Waals surface area contributed by atoms with Crippen LogP contribution in [0.15, 0.2) is 12.2 Å². The summed E-state index contributed by atoms with van der Waals surface area (Å²) in [6.45, 7) is 2.80. The first kappa shape index (κ1) is 25.2. The molecule has 0 bridgehead atoms.